The number of hydrogen-bond acceptors (Lipinski definition) is 5. The molecule has 3 aromatic rings. The van der Waals surface area contributed by atoms with E-state index in [0.717, 1.165) is 21.6 Å². The number of aryl methyl sites for hydroxylation is 1. The summed E-state index contributed by atoms with van der Waals surface area (Å²) < 4.78 is 6.75. The van der Waals surface area contributed by atoms with Crippen molar-refractivity contribution in [1.29, 1.82) is 0 Å². The van der Waals surface area contributed by atoms with Gasteiger partial charge < -0.3 is 15.0 Å². The van der Waals surface area contributed by atoms with Crippen LogP contribution >= 0.6 is 11.3 Å². The van der Waals surface area contributed by atoms with E-state index in [9.17, 15) is 9.59 Å². The summed E-state index contributed by atoms with van der Waals surface area (Å²) in [6.07, 6.45) is 1.65. The Kier molecular flexibility index (Phi) is 6.71. The minimum absolute atomic E-state index is 0.00402. The number of ether oxygens (including phenoxy) is 1. The number of para-hydroxylation sites is 1. The summed E-state index contributed by atoms with van der Waals surface area (Å²) in [5, 5.41) is 3.91. The molecule has 1 N–H and O–H groups in total. The minimum atomic E-state index is -0.176. The van der Waals surface area contributed by atoms with Crippen LogP contribution in [0.1, 0.15) is 17.0 Å². The predicted molar refractivity (Wildman–Crippen MR) is 117 cm³/mol. The van der Waals surface area contributed by atoms with E-state index >= 15 is 0 Å². The second-order valence-corrected chi connectivity index (χ2v) is 8.50. The molecule has 1 aliphatic rings. The lowest BCUT2D eigenvalue weighted by atomic mass is 10.1. The molecule has 2 heterocycles. The number of thiazole rings is 1. The third-order valence-corrected chi connectivity index (χ3v) is 6.26. The van der Waals surface area contributed by atoms with Gasteiger partial charge in [-0.05, 0) is 24.1 Å². The number of fused-ring (bicyclic) bond motifs is 1. The molecule has 0 saturated carbocycles. The van der Waals surface area contributed by atoms with Crippen LogP contribution in [0.25, 0.3) is 10.2 Å². The van der Waals surface area contributed by atoms with Crippen LogP contribution in [0.5, 0.6) is 0 Å². The van der Waals surface area contributed by atoms with Crippen molar-refractivity contribution < 1.29 is 14.3 Å². The Morgan fingerprint density at radius 1 is 1.13 bits per heavy atom. The zero-order valence-electron chi connectivity index (χ0n) is 16.8. The van der Waals surface area contributed by atoms with Gasteiger partial charge in [-0.3, -0.25) is 9.59 Å². The first kappa shape index (κ1) is 20.5. The van der Waals surface area contributed by atoms with Crippen LogP contribution in [0.2, 0.25) is 0 Å². The SMILES string of the molecule is O=C(CCc1nc2ccccc2s1)NCC1CN(CCc2ccccc2)C(=O)CO1. The Hall–Kier alpha value is -2.77. The van der Waals surface area contributed by atoms with Gasteiger partial charge in [0.15, 0.2) is 0 Å². The Morgan fingerprint density at radius 3 is 2.77 bits per heavy atom. The molecule has 0 radical (unpaired) electrons. The maximum Gasteiger partial charge on any atom is 0.248 e. The molecule has 2 aromatic carbocycles. The molecular weight excluding hydrogens is 398 g/mol. The van der Waals surface area contributed by atoms with Gasteiger partial charge in [-0.1, -0.05) is 42.5 Å². The molecule has 1 atom stereocenters. The van der Waals surface area contributed by atoms with Crippen molar-refractivity contribution >= 4 is 33.4 Å². The average molecular weight is 424 g/mol. The summed E-state index contributed by atoms with van der Waals surface area (Å²) in [6, 6.07) is 18.1. The summed E-state index contributed by atoms with van der Waals surface area (Å²) in [7, 11) is 0. The van der Waals surface area contributed by atoms with Gasteiger partial charge in [-0.25, -0.2) is 4.98 Å². The first-order chi connectivity index (χ1) is 14.7. The number of nitrogens with zero attached hydrogens (tertiary/aromatic N) is 2. The van der Waals surface area contributed by atoms with Gasteiger partial charge in [0.25, 0.3) is 0 Å². The fourth-order valence-electron chi connectivity index (χ4n) is 3.49. The van der Waals surface area contributed by atoms with E-state index in [0.29, 0.717) is 32.5 Å². The fourth-order valence-corrected chi connectivity index (χ4v) is 4.46. The summed E-state index contributed by atoms with van der Waals surface area (Å²) >= 11 is 1.63. The lowest BCUT2D eigenvalue weighted by Gasteiger charge is -2.33. The summed E-state index contributed by atoms with van der Waals surface area (Å²) in [5.41, 5.74) is 2.19. The quantitative estimate of drug-likeness (QED) is 0.605. The molecule has 1 aromatic heterocycles. The Bertz CT molecular complexity index is 972. The number of amides is 2. The molecule has 156 valence electrons. The molecule has 1 saturated heterocycles. The molecular formula is C23H25N3O3S. The molecule has 1 unspecified atom stereocenters. The second kappa shape index (κ2) is 9.82. The highest BCUT2D eigenvalue weighted by atomic mass is 32.1. The van der Waals surface area contributed by atoms with Crippen LogP contribution in [0.15, 0.2) is 54.6 Å². The average Bonchev–Trinajstić information content (AvgIpc) is 3.20. The number of rotatable bonds is 8. The van der Waals surface area contributed by atoms with E-state index < -0.39 is 0 Å². The molecule has 0 aliphatic carbocycles. The number of benzene rings is 2. The molecule has 0 spiro atoms. The monoisotopic (exact) mass is 423 g/mol. The zero-order chi connectivity index (χ0) is 20.8. The first-order valence-electron chi connectivity index (χ1n) is 10.2. The van der Waals surface area contributed by atoms with Gasteiger partial charge in [0.2, 0.25) is 11.8 Å². The van der Waals surface area contributed by atoms with Gasteiger partial charge in [-0.15, -0.1) is 11.3 Å². The minimum Gasteiger partial charge on any atom is -0.365 e. The largest absolute Gasteiger partial charge is 0.365 e. The van der Waals surface area contributed by atoms with Crippen LogP contribution in [-0.2, 0) is 27.2 Å². The van der Waals surface area contributed by atoms with Crippen LogP contribution in [0.4, 0.5) is 0 Å². The number of carbonyl (C=O) groups excluding carboxylic acids is 2. The van der Waals surface area contributed by atoms with E-state index in [1.54, 1.807) is 11.3 Å². The molecule has 1 aliphatic heterocycles. The molecule has 1 fully saturated rings. The molecule has 2 amide bonds. The standard InChI is InChI=1S/C23H25N3O3S/c27-21(10-11-22-25-19-8-4-5-9-20(19)30-22)24-14-18-15-26(23(28)16-29-18)13-12-17-6-2-1-3-7-17/h1-9,18H,10-16H2,(H,24,27). The fraction of sp³-hybridized carbons (Fsp3) is 0.348. The van der Waals surface area contributed by atoms with Crippen molar-refractivity contribution in [3.8, 4) is 0 Å². The molecule has 7 heteroatoms. The van der Waals surface area contributed by atoms with Crippen LogP contribution in [-0.4, -0.2) is 54.0 Å². The highest BCUT2D eigenvalue weighted by Gasteiger charge is 2.26. The van der Waals surface area contributed by atoms with E-state index in [-0.39, 0.29) is 24.5 Å². The summed E-state index contributed by atoms with van der Waals surface area (Å²) in [5.74, 6) is -0.0186. The summed E-state index contributed by atoms with van der Waals surface area (Å²) in [6.45, 7) is 1.65. The van der Waals surface area contributed by atoms with Crippen molar-refractivity contribution in [2.45, 2.75) is 25.4 Å². The van der Waals surface area contributed by atoms with Gasteiger partial charge in [0, 0.05) is 32.5 Å². The molecule has 0 bridgehead atoms. The normalized spacial score (nSPS) is 16.7. The summed E-state index contributed by atoms with van der Waals surface area (Å²) in [4.78, 5) is 30.8. The van der Waals surface area contributed by atoms with Crippen molar-refractivity contribution in [3.63, 3.8) is 0 Å². The smallest absolute Gasteiger partial charge is 0.248 e. The van der Waals surface area contributed by atoms with Gasteiger partial charge in [0.05, 0.1) is 21.3 Å². The third-order valence-electron chi connectivity index (χ3n) is 5.16. The number of carbonyl (C=O) groups is 2. The topological polar surface area (TPSA) is 71.5 Å². The van der Waals surface area contributed by atoms with Gasteiger partial charge in [0.1, 0.15) is 6.61 Å². The van der Waals surface area contributed by atoms with Crippen molar-refractivity contribution in [2.75, 3.05) is 26.2 Å². The highest BCUT2D eigenvalue weighted by Crippen LogP contribution is 2.22. The van der Waals surface area contributed by atoms with E-state index in [4.69, 9.17) is 4.74 Å². The zero-order valence-corrected chi connectivity index (χ0v) is 17.6. The maximum atomic E-state index is 12.3. The highest BCUT2D eigenvalue weighted by molar-refractivity contribution is 7.18. The van der Waals surface area contributed by atoms with E-state index in [2.05, 4.69) is 22.4 Å². The number of nitrogens with one attached hydrogen (secondary N) is 1. The Labute approximate surface area is 179 Å². The van der Waals surface area contributed by atoms with Crippen LogP contribution in [0.3, 0.4) is 0 Å². The Balaban J connectivity index is 1.20. The first-order valence-corrected chi connectivity index (χ1v) is 11.0. The molecule has 4 rings (SSSR count). The maximum absolute atomic E-state index is 12.3. The molecule has 30 heavy (non-hydrogen) atoms. The van der Waals surface area contributed by atoms with E-state index in [1.165, 1.54) is 5.56 Å². The second-order valence-electron chi connectivity index (χ2n) is 7.39. The van der Waals surface area contributed by atoms with E-state index in [1.807, 2.05) is 47.4 Å². The third kappa shape index (κ3) is 5.43. The predicted octanol–water partition coefficient (Wildman–Crippen LogP) is 2.82. The Morgan fingerprint density at radius 2 is 1.93 bits per heavy atom. The van der Waals surface area contributed by atoms with Crippen molar-refractivity contribution in [3.05, 3.63) is 65.2 Å². The van der Waals surface area contributed by atoms with Gasteiger partial charge >= 0.3 is 0 Å². The van der Waals surface area contributed by atoms with Gasteiger partial charge in [-0.2, -0.15) is 0 Å². The number of aromatic nitrogens is 1. The van der Waals surface area contributed by atoms with Crippen molar-refractivity contribution in [2.24, 2.45) is 0 Å². The van der Waals surface area contributed by atoms with Crippen LogP contribution in [0, 0.1) is 0 Å². The van der Waals surface area contributed by atoms with Crippen molar-refractivity contribution in [1.82, 2.24) is 15.2 Å². The number of morpholine rings is 1. The number of hydrogen-bond donors (Lipinski definition) is 1. The lowest BCUT2D eigenvalue weighted by Crippen LogP contribution is -2.51. The molecule has 6 nitrogen and oxygen atoms in total. The van der Waals surface area contributed by atoms with Crippen LogP contribution < -0.4 is 5.32 Å². The lowest BCUT2D eigenvalue weighted by molar-refractivity contribution is -0.148.